The highest BCUT2D eigenvalue weighted by molar-refractivity contribution is 5.65. The molecule has 0 unspecified atom stereocenters. The lowest BCUT2D eigenvalue weighted by Gasteiger charge is -2.54. The summed E-state index contributed by atoms with van der Waals surface area (Å²) in [6.07, 6.45) is -3.46. The number of aliphatic hydroxyl groups is 3. The van der Waals surface area contributed by atoms with Gasteiger partial charge >= 0.3 is 0 Å². The number of carbonyl (C=O) groups is 1. The summed E-state index contributed by atoms with van der Waals surface area (Å²) in [6, 6.07) is 0. The predicted molar refractivity (Wildman–Crippen MR) is 225 cm³/mol. The average Bonchev–Trinajstić information content (AvgIpc) is 3.94. The molecule has 17 heteroatoms. The number of carboxylic acids is 1. The van der Waals surface area contributed by atoms with Gasteiger partial charge in [0.05, 0.1) is 72.2 Å². The van der Waals surface area contributed by atoms with Crippen molar-refractivity contribution in [3.8, 4) is 0 Å². The number of rotatable bonds is 13. The molecule has 24 atom stereocenters. The standard InChI is InChI=1S/C47H80O17/c1-23-18-24(2)45(9,51)61-36(23)31-19-32(58-35-20-30(53-10)40(55-12)28(6)57-35)42(59-31)44(8)15-14-33(60-44)43(7)16-17-46(64-43)21-29(48)25(3)37(62-46)26(4)38-41(56-13)39(54-11)27(5)47(52,63-38)22-34(49)50/h23-33,35-42,48,51-52H,14-22H2,1-13H3,(H,49,50)/p-1/t23-,24+,25+,26+,27-,28-,29-,30-,31+,32-,33+,35+,36-,37-,38-,39-,40-,41-,42+,43-,44-,45-,46+,47+/m0/s1. The van der Waals surface area contributed by atoms with E-state index in [9.17, 15) is 25.2 Å². The summed E-state index contributed by atoms with van der Waals surface area (Å²) in [4.78, 5) is 11.8. The monoisotopic (exact) mass is 916 g/mol. The molecule has 3 N–H and O–H groups in total. The zero-order chi connectivity index (χ0) is 46.9. The molecular weight excluding hydrogens is 836 g/mol. The van der Waals surface area contributed by atoms with Crippen LogP contribution in [-0.2, 0) is 61.6 Å². The third-order valence-electron chi connectivity index (χ3n) is 16.8. The Balaban J connectivity index is 1.09. The first kappa shape index (κ1) is 50.7. The van der Waals surface area contributed by atoms with Gasteiger partial charge in [-0.3, -0.25) is 0 Å². The first-order chi connectivity index (χ1) is 30.0. The molecule has 7 aliphatic heterocycles. The van der Waals surface area contributed by atoms with Gasteiger partial charge in [-0.25, -0.2) is 0 Å². The van der Waals surface area contributed by atoms with Crippen LogP contribution < -0.4 is 5.11 Å². The van der Waals surface area contributed by atoms with Crippen LogP contribution in [0.5, 0.6) is 0 Å². The number of aliphatic hydroxyl groups excluding tert-OH is 1. The topological polar surface area (TPSA) is 212 Å². The molecule has 0 bridgehead atoms. The van der Waals surface area contributed by atoms with Gasteiger partial charge in [0.25, 0.3) is 0 Å². The molecule has 0 aromatic heterocycles. The van der Waals surface area contributed by atoms with Gasteiger partial charge in [-0.1, -0.05) is 34.6 Å². The summed E-state index contributed by atoms with van der Waals surface area (Å²) < 4.78 is 77.5. The highest BCUT2D eigenvalue weighted by Gasteiger charge is 2.63. The van der Waals surface area contributed by atoms with Gasteiger partial charge in [0, 0.05) is 90.2 Å². The predicted octanol–water partition coefficient (Wildman–Crippen LogP) is 2.98. The Bertz CT molecular complexity index is 1600. The van der Waals surface area contributed by atoms with Crippen molar-refractivity contribution in [2.24, 2.45) is 29.6 Å². The van der Waals surface area contributed by atoms with E-state index in [1.54, 1.807) is 28.1 Å². The van der Waals surface area contributed by atoms with Crippen LogP contribution in [0, 0.1) is 29.6 Å². The summed E-state index contributed by atoms with van der Waals surface area (Å²) in [5.74, 6) is -7.58. The van der Waals surface area contributed by atoms with Crippen molar-refractivity contribution < 1.29 is 82.1 Å². The van der Waals surface area contributed by atoms with Crippen LogP contribution in [0.1, 0.15) is 120 Å². The van der Waals surface area contributed by atoms with Crippen molar-refractivity contribution in [3.05, 3.63) is 0 Å². The maximum atomic E-state index is 11.8. The summed E-state index contributed by atoms with van der Waals surface area (Å²) >= 11 is 0. The normalized spacial score (nSPS) is 54.1. The molecule has 1 spiro atoms. The van der Waals surface area contributed by atoms with Crippen LogP contribution in [-0.4, -0.2) is 164 Å². The molecule has 0 aliphatic carbocycles. The Hall–Kier alpha value is -1.13. The third kappa shape index (κ3) is 9.46. The Labute approximate surface area is 379 Å². The van der Waals surface area contributed by atoms with Gasteiger partial charge in [0.2, 0.25) is 0 Å². The summed E-state index contributed by atoms with van der Waals surface area (Å²) in [6.45, 7) is 17.4. The van der Waals surface area contributed by atoms with Gasteiger partial charge < -0.3 is 82.1 Å². The first-order valence-electron chi connectivity index (χ1n) is 23.8. The molecule has 0 amide bonds. The van der Waals surface area contributed by atoms with E-state index < -0.39 is 102 Å². The highest BCUT2D eigenvalue weighted by atomic mass is 16.7. The molecule has 64 heavy (non-hydrogen) atoms. The van der Waals surface area contributed by atoms with Crippen molar-refractivity contribution >= 4 is 5.97 Å². The number of ether oxygens (including phenoxy) is 12. The van der Waals surface area contributed by atoms with E-state index in [2.05, 4.69) is 13.8 Å². The first-order valence-corrected chi connectivity index (χ1v) is 23.8. The highest BCUT2D eigenvalue weighted by Crippen LogP contribution is 2.55. The van der Waals surface area contributed by atoms with Crippen molar-refractivity contribution in [2.75, 3.05) is 28.4 Å². The van der Waals surface area contributed by atoms with E-state index in [4.69, 9.17) is 56.8 Å². The maximum Gasteiger partial charge on any atom is 0.176 e. The molecule has 7 fully saturated rings. The lowest BCUT2D eigenvalue weighted by Crippen LogP contribution is -2.66. The molecule has 0 saturated carbocycles. The largest absolute Gasteiger partial charge is 0.550 e. The van der Waals surface area contributed by atoms with Gasteiger partial charge in [-0.05, 0) is 59.3 Å². The number of hydrogen-bond donors (Lipinski definition) is 3. The average molecular weight is 916 g/mol. The summed E-state index contributed by atoms with van der Waals surface area (Å²) in [5, 5.41) is 46.4. The van der Waals surface area contributed by atoms with E-state index in [0.717, 1.165) is 6.42 Å². The van der Waals surface area contributed by atoms with Gasteiger partial charge in [0.15, 0.2) is 23.7 Å². The molecular formula is C47H79O17-. The molecule has 0 radical (unpaired) electrons. The third-order valence-corrected chi connectivity index (χ3v) is 16.8. The smallest absolute Gasteiger partial charge is 0.176 e. The molecule has 7 aliphatic rings. The summed E-state index contributed by atoms with van der Waals surface area (Å²) in [5.41, 5.74) is -1.61. The van der Waals surface area contributed by atoms with Crippen molar-refractivity contribution in [1.29, 1.82) is 0 Å². The maximum absolute atomic E-state index is 11.8. The minimum absolute atomic E-state index is 0.0426. The minimum Gasteiger partial charge on any atom is -0.550 e. The molecule has 7 rings (SSSR count). The molecule has 7 heterocycles. The fourth-order valence-corrected chi connectivity index (χ4v) is 12.7. The molecule has 0 aromatic rings. The Morgan fingerprint density at radius 1 is 0.781 bits per heavy atom. The lowest BCUT2D eigenvalue weighted by molar-refractivity contribution is -0.373. The SMILES string of the molecule is CO[C@@H]1[C@@H](OC)[C@H](C)[C@@](O)(CC(=O)[O-])O[C@H]1[C@H](C)[C@H]1O[C@@]2(CC[C@@](C)([C@H]3CC[C@@](C)([C@@H]4O[C@@H]([C@H]5O[C@](C)(O)[C@H](C)C[C@@H]5C)C[C@@H]4O[C@@H]4C[C@H](OC)[C@@H](OC)[C@H](C)O4)O3)O2)C[C@H](O)[C@H]1C. The van der Waals surface area contributed by atoms with Crippen LogP contribution in [0.25, 0.3) is 0 Å². The van der Waals surface area contributed by atoms with Crippen molar-refractivity contribution in [2.45, 2.75) is 234 Å². The second-order valence-corrected chi connectivity index (χ2v) is 21.3. The Morgan fingerprint density at radius 2 is 1.47 bits per heavy atom. The van der Waals surface area contributed by atoms with Gasteiger partial charge in [-0.2, -0.15) is 0 Å². The van der Waals surface area contributed by atoms with Crippen molar-refractivity contribution in [3.63, 3.8) is 0 Å². The van der Waals surface area contributed by atoms with Crippen LogP contribution in [0.2, 0.25) is 0 Å². The molecule has 17 nitrogen and oxygen atoms in total. The number of hydrogen-bond acceptors (Lipinski definition) is 17. The van der Waals surface area contributed by atoms with E-state index in [1.807, 2.05) is 34.6 Å². The number of carbonyl (C=O) groups excluding carboxylic acids is 1. The van der Waals surface area contributed by atoms with Crippen LogP contribution in [0.15, 0.2) is 0 Å². The zero-order valence-corrected chi connectivity index (χ0v) is 40.4. The fraction of sp³-hybridized carbons (Fsp3) is 0.979. The van der Waals surface area contributed by atoms with Crippen molar-refractivity contribution in [1.82, 2.24) is 0 Å². The van der Waals surface area contributed by atoms with Crippen LogP contribution >= 0.6 is 0 Å². The van der Waals surface area contributed by atoms with E-state index in [0.29, 0.717) is 38.5 Å². The molecule has 7 saturated heterocycles. The second-order valence-electron chi connectivity index (χ2n) is 21.3. The summed E-state index contributed by atoms with van der Waals surface area (Å²) in [7, 11) is 6.34. The van der Waals surface area contributed by atoms with Crippen LogP contribution in [0.4, 0.5) is 0 Å². The van der Waals surface area contributed by atoms with Crippen LogP contribution in [0.3, 0.4) is 0 Å². The Morgan fingerprint density at radius 3 is 2.11 bits per heavy atom. The number of carboxylic acid groups (broad SMARTS) is 1. The minimum atomic E-state index is -2.09. The molecule has 370 valence electrons. The number of aliphatic carboxylic acids is 1. The van der Waals surface area contributed by atoms with E-state index in [-0.39, 0.29) is 60.8 Å². The lowest BCUT2D eigenvalue weighted by atomic mass is 9.75. The quantitative estimate of drug-likeness (QED) is 0.242. The fourth-order valence-electron chi connectivity index (χ4n) is 12.7. The zero-order valence-electron chi connectivity index (χ0n) is 40.4. The van der Waals surface area contributed by atoms with Gasteiger partial charge in [0.1, 0.15) is 18.3 Å². The van der Waals surface area contributed by atoms with E-state index >= 15 is 0 Å². The van der Waals surface area contributed by atoms with Gasteiger partial charge in [-0.15, -0.1) is 0 Å². The Kier molecular flexibility index (Phi) is 15.1. The molecule has 0 aromatic carbocycles. The van der Waals surface area contributed by atoms with E-state index in [1.165, 1.54) is 14.2 Å². The second kappa shape index (κ2) is 19.0. The number of methoxy groups -OCH3 is 4.